The summed E-state index contributed by atoms with van der Waals surface area (Å²) in [6.07, 6.45) is 1.09. The maximum atomic E-state index is 10.8. The van der Waals surface area contributed by atoms with Gasteiger partial charge in [0.15, 0.2) is 6.10 Å². The van der Waals surface area contributed by atoms with E-state index in [1.54, 1.807) is 0 Å². The van der Waals surface area contributed by atoms with Gasteiger partial charge in [-0.15, -0.1) is 0 Å². The van der Waals surface area contributed by atoms with Crippen LogP contribution >= 0.6 is 11.8 Å². The third-order valence-electron chi connectivity index (χ3n) is 2.98. The summed E-state index contributed by atoms with van der Waals surface area (Å²) in [7, 11) is 1.47. The number of ether oxygens (including phenoxy) is 1. The molecule has 1 aliphatic rings. The molecule has 4 heteroatoms. The zero-order chi connectivity index (χ0) is 10.8. The van der Waals surface area contributed by atoms with Gasteiger partial charge in [-0.2, -0.15) is 11.8 Å². The van der Waals surface area contributed by atoms with Crippen LogP contribution in [0.4, 0.5) is 0 Å². The predicted molar refractivity (Wildman–Crippen MR) is 57.7 cm³/mol. The zero-order valence-electron chi connectivity index (χ0n) is 8.95. The molecule has 1 saturated heterocycles. The Labute approximate surface area is 89.2 Å². The minimum atomic E-state index is -0.847. The number of carbonyl (C=O) groups is 1. The Morgan fingerprint density at radius 2 is 2.36 bits per heavy atom. The van der Waals surface area contributed by atoms with Crippen LogP contribution in [-0.2, 0) is 9.53 Å². The molecule has 0 amide bonds. The Morgan fingerprint density at radius 1 is 1.71 bits per heavy atom. The van der Waals surface area contributed by atoms with Crippen molar-refractivity contribution in [3.8, 4) is 0 Å². The number of methoxy groups -OCH3 is 1. The molecule has 0 aliphatic carbocycles. The third kappa shape index (κ3) is 2.64. The second-order valence-electron chi connectivity index (χ2n) is 4.24. The Morgan fingerprint density at radius 3 is 2.71 bits per heavy atom. The molecule has 2 atom stereocenters. The first-order valence-corrected chi connectivity index (χ1v) is 5.85. The molecular weight excluding hydrogens is 200 g/mol. The molecule has 0 radical (unpaired) electrons. The number of carboxylic acids is 1. The number of aliphatic carboxylic acids is 1. The van der Waals surface area contributed by atoms with Gasteiger partial charge < -0.3 is 9.84 Å². The molecular formula is C10H18O3S. The quantitative estimate of drug-likeness (QED) is 0.784. The minimum Gasteiger partial charge on any atom is -0.479 e. The first-order valence-electron chi connectivity index (χ1n) is 4.87. The highest BCUT2D eigenvalue weighted by Crippen LogP contribution is 2.44. The van der Waals surface area contributed by atoms with Crippen LogP contribution in [0.1, 0.15) is 26.7 Å². The molecule has 1 aliphatic heterocycles. The van der Waals surface area contributed by atoms with Gasteiger partial charge in [0.25, 0.3) is 0 Å². The molecule has 1 heterocycles. The number of hydrogen-bond donors (Lipinski definition) is 1. The molecule has 2 unspecified atom stereocenters. The van der Waals surface area contributed by atoms with Crippen molar-refractivity contribution in [1.82, 2.24) is 0 Å². The van der Waals surface area contributed by atoms with Gasteiger partial charge in [-0.3, -0.25) is 0 Å². The molecule has 0 aromatic carbocycles. The van der Waals surface area contributed by atoms with E-state index in [0.717, 1.165) is 12.2 Å². The van der Waals surface area contributed by atoms with Crippen molar-refractivity contribution in [2.45, 2.75) is 37.5 Å². The van der Waals surface area contributed by atoms with Crippen LogP contribution in [0.25, 0.3) is 0 Å². The van der Waals surface area contributed by atoms with Gasteiger partial charge in [0.1, 0.15) is 0 Å². The van der Waals surface area contributed by atoms with Crippen molar-refractivity contribution in [2.75, 3.05) is 12.9 Å². The Kier molecular flexibility index (Phi) is 3.84. The molecule has 14 heavy (non-hydrogen) atoms. The monoisotopic (exact) mass is 218 g/mol. The van der Waals surface area contributed by atoms with Crippen molar-refractivity contribution < 1.29 is 14.6 Å². The average molecular weight is 218 g/mol. The van der Waals surface area contributed by atoms with E-state index >= 15 is 0 Å². The van der Waals surface area contributed by atoms with Crippen molar-refractivity contribution in [2.24, 2.45) is 5.92 Å². The number of hydrogen-bond acceptors (Lipinski definition) is 3. The van der Waals surface area contributed by atoms with E-state index < -0.39 is 12.1 Å². The summed E-state index contributed by atoms with van der Waals surface area (Å²) in [6, 6.07) is 0. The minimum absolute atomic E-state index is 0.201. The van der Waals surface area contributed by atoms with E-state index in [9.17, 15) is 4.79 Å². The summed E-state index contributed by atoms with van der Waals surface area (Å²) in [4.78, 5) is 10.8. The maximum Gasteiger partial charge on any atom is 0.332 e. The van der Waals surface area contributed by atoms with Crippen LogP contribution in [-0.4, -0.2) is 34.8 Å². The molecule has 82 valence electrons. The molecule has 0 aromatic heterocycles. The zero-order valence-corrected chi connectivity index (χ0v) is 9.76. The van der Waals surface area contributed by atoms with Crippen LogP contribution in [0, 0.1) is 5.92 Å². The van der Waals surface area contributed by atoms with E-state index in [1.807, 2.05) is 11.8 Å². The molecule has 3 nitrogen and oxygen atoms in total. The van der Waals surface area contributed by atoms with E-state index in [2.05, 4.69) is 13.8 Å². The third-order valence-corrected chi connectivity index (χ3v) is 4.50. The van der Waals surface area contributed by atoms with Crippen molar-refractivity contribution in [3.05, 3.63) is 0 Å². The van der Waals surface area contributed by atoms with Gasteiger partial charge in [-0.25, -0.2) is 4.79 Å². The largest absolute Gasteiger partial charge is 0.479 e. The van der Waals surface area contributed by atoms with E-state index in [4.69, 9.17) is 9.84 Å². The summed E-state index contributed by atoms with van der Waals surface area (Å²) in [5.74, 6) is 0.738. The maximum absolute atomic E-state index is 10.8. The van der Waals surface area contributed by atoms with Gasteiger partial charge in [0, 0.05) is 11.9 Å². The van der Waals surface area contributed by atoms with Gasteiger partial charge in [-0.05, 0) is 24.5 Å². The number of carboxylic acid groups (broad SMARTS) is 1. The molecule has 0 bridgehead atoms. The Bertz CT molecular complexity index is 215. The fourth-order valence-corrected chi connectivity index (χ4v) is 3.27. The van der Waals surface area contributed by atoms with Crippen LogP contribution in [0.5, 0.6) is 0 Å². The first kappa shape index (κ1) is 11.9. The summed E-state index contributed by atoms with van der Waals surface area (Å²) < 4.78 is 5.16. The smallest absolute Gasteiger partial charge is 0.332 e. The highest BCUT2D eigenvalue weighted by atomic mass is 32.2. The van der Waals surface area contributed by atoms with Crippen molar-refractivity contribution >= 4 is 17.7 Å². The van der Waals surface area contributed by atoms with Gasteiger partial charge in [-0.1, -0.05) is 13.8 Å². The molecule has 1 rings (SSSR count). The van der Waals surface area contributed by atoms with Crippen LogP contribution < -0.4 is 0 Å². The summed E-state index contributed by atoms with van der Waals surface area (Å²) in [5, 5.41) is 8.87. The Balaban J connectivity index is 2.54. The molecule has 1 fully saturated rings. The topological polar surface area (TPSA) is 46.5 Å². The van der Waals surface area contributed by atoms with Gasteiger partial charge in [0.05, 0.1) is 0 Å². The highest BCUT2D eigenvalue weighted by Gasteiger charge is 2.37. The number of thioether (sulfide) groups is 1. The van der Waals surface area contributed by atoms with E-state index in [1.165, 1.54) is 7.11 Å². The fraction of sp³-hybridized carbons (Fsp3) is 0.900. The highest BCUT2D eigenvalue weighted by molar-refractivity contribution is 8.00. The van der Waals surface area contributed by atoms with E-state index in [-0.39, 0.29) is 4.75 Å². The van der Waals surface area contributed by atoms with Crippen LogP contribution in [0.2, 0.25) is 0 Å². The van der Waals surface area contributed by atoms with Gasteiger partial charge in [0.2, 0.25) is 0 Å². The SMILES string of the molecule is COC(CC1CCSC1(C)C)C(=O)O. The first-order chi connectivity index (χ1) is 6.47. The summed E-state index contributed by atoms with van der Waals surface area (Å²) in [5.41, 5.74) is 0. The fourth-order valence-electron chi connectivity index (χ4n) is 1.89. The lowest BCUT2D eigenvalue weighted by Crippen LogP contribution is -2.31. The normalized spacial score (nSPS) is 27.5. The standard InChI is InChI=1S/C10H18O3S/c1-10(2)7(4-5-14-10)6-8(13-3)9(11)12/h7-8H,4-6H2,1-3H3,(H,11,12). The second kappa shape index (κ2) is 4.53. The molecule has 0 aromatic rings. The van der Waals surface area contributed by atoms with Gasteiger partial charge >= 0.3 is 5.97 Å². The second-order valence-corrected chi connectivity index (χ2v) is 5.98. The average Bonchev–Trinajstić information content (AvgIpc) is 2.40. The number of rotatable bonds is 4. The van der Waals surface area contributed by atoms with Crippen molar-refractivity contribution in [3.63, 3.8) is 0 Å². The van der Waals surface area contributed by atoms with Crippen LogP contribution in [0.15, 0.2) is 0 Å². The lowest BCUT2D eigenvalue weighted by molar-refractivity contribution is -0.149. The molecule has 1 N–H and O–H groups in total. The Hall–Kier alpha value is -0.220. The van der Waals surface area contributed by atoms with E-state index in [0.29, 0.717) is 12.3 Å². The molecule has 0 saturated carbocycles. The lowest BCUT2D eigenvalue weighted by Gasteiger charge is -2.27. The van der Waals surface area contributed by atoms with Crippen molar-refractivity contribution in [1.29, 1.82) is 0 Å². The lowest BCUT2D eigenvalue weighted by atomic mass is 9.87. The predicted octanol–water partition coefficient (Wildman–Crippen LogP) is 2.01. The summed E-state index contributed by atoms with van der Waals surface area (Å²) in [6.45, 7) is 4.37. The summed E-state index contributed by atoms with van der Waals surface area (Å²) >= 11 is 1.92. The van der Waals surface area contributed by atoms with Crippen LogP contribution in [0.3, 0.4) is 0 Å². The molecule has 0 spiro atoms.